The summed E-state index contributed by atoms with van der Waals surface area (Å²) in [7, 11) is 0. The topological polar surface area (TPSA) is 29.5 Å². The van der Waals surface area contributed by atoms with Gasteiger partial charge >= 0.3 is 0 Å². The normalized spacial score (nSPS) is 14.6. The zero-order valence-electron chi connectivity index (χ0n) is 11.3. The van der Waals surface area contributed by atoms with Crippen LogP contribution in [-0.2, 0) is 16.0 Å². The summed E-state index contributed by atoms with van der Waals surface area (Å²) in [6, 6.07) is 6.29. The summed E-state index contributed by atoms with van der Waals surface area (Å²) in [5, 5.41) is 0. The van der Waals surface area contributed by atoms with E-state index in [0.29, 0.717) is 19.6 Å². The number of benzene rings is 1. The Hall–Kier alpha value is -0.620. The maximum Gasteiger partial charge on any atom is 0.227 e. The molecule has 0 atom stereocenters. The lowest BCUT2D eigenvalue weighted by molar-refractivity contribution is -0.119. The Morgan fingerprint density at radius 3 is 2.95 bits per heavy atom. The summed E-state index contributed by atoms with van der Waals surface area (Å²) in [6.07, 6.45) is 3.70. The number of amides is 1. The van der Waals surface area contributed by atoms with Crippen molar-refractivity contribution in [2.45, 2.75) is 32.6 Å². The number of fused-ring (bicyclic) bond motifs is 1. The standard InChI is InChI=1S/C15H20INO2/c1-2-3-9-19-10-8-17-14-6-5-13(16)11-12(14)4-7-15(17)18/h5-6,11H,2-4,7-10H2,1H3. The highest BCUT2D eigenvalue weighted by atomic mass is 127. The van der Waals surface area contributed by atoms with Crippen LogP contribution in [0.15, 0.2) is 18.2 Å². The lowest BCUT2D eigenvalue weighted by Gasteiger charge is -2.29. The van der Waals surface area contributed by atoms with Crippen LogP contribution in [0.2, 0.25) is 0 Å². The summed E-state index contributed by atoms with van der Waals surface area (Å²) in [5.74, 6) is 0.216. The van der Waals surface area contributed by atoms with Gasteiger partial charge in [0, 0.05) is 28.8 Å². The lowest BCUT2D eigenvalue weighted by atomic mass is 10.0. The first kappa shape index (κ1) is 14.8. The van der Waals surface area contributed by atoms with Gasteiger partial charge in [-0.05, 0) is 59.2 Å². The van der Waals surface area contributed by atoms with E-state index in [1.165, 1.54) is 9.13 Å². The molecule has 0 saturated heterocycles. The van der Waals surface area contributed by atoms with E-state index in [9.17, 15) is 4.79 Å². The molecule has 0 saturated carbocycles. The molecule has 0 N–H and O–H groups in total. The second-order valence-electron chi connectivity index (χ2n) is 4.78. The minimum absolute atomic E-state index is 0.216. The zero-order valence-corrected chi connectivity index (χ0v) is 13.5. The van der Waals surface area contributed by atoms with E-state index in [2.05, 4.69) is 47.7 Å². The third kappa shape index (κ3) is 3.92. The summed E-state index contributed by atoms with van der Waals surface area (Å²) in [6.45, 7) is 4.22. The SMILES string of the molecule is CCCCOCCN1C(=O)CCc2cc(I)ccc21. The Morgan fingerprint density at radius 1 is 1.32 bits per heavy atom. The van der Waals surface area contributed by atoms with Gasteiger partial charge in [-0.15, -0.1) is 0 Å². The second kappa shape index (κ2) is 7.24. The van der Waals surface area contributed by atoms with Gasteiger partial charge in [0.1, 0.15) is 0 Å². The van der Waals surface area contributed by atoms with Crippen molar-refractivity contribution in [3.8, 4) is 0 Å². The molecule has 1 heterocycles. The van der Waals surface area contributed by atoms with Crippen LogP contribution in [-0.4, -0.2) is 25.7 Å². The quantitative estimate of drug-likeness (QED) is 0.565. The number of carbonyl (C=O) groups is 1. The smallest absolute Gasteiger partial charge is 0.227 e. The molecule has 0 radical (unpaired) electrons. The van der Waals surface area contributed by atoms with Crippen LogP contribution in [0.25, 0.3) is 0 Å². The molecule has 2 rings (SSSR count). The first-order valence-electron chi connectivity index (χ1n) is 6.89. The van der Waals surface area contributed by atoms with E-state index in [-0.39, 0.29) is 5.91 Å². The molecule has 1 aliphatic heterocycles. The molecule has 19 heavy (non-hydrogen) atoms. The van der Waals surface area contributed by atoms with Crippen LogP contribution in [0.4, 0.5) is 5.69 Å². The molecule has 3 nitrogen and oxygen atoms in total. The second-order valence-corrected chi connectivity index (χ2v) is 6.03. The van der Waals surface area contributed by atoms with Gasteiger partial charge in [0.2, 0.25) is 5.91 Å². The average Bonchev–Trinajstić information content (AvgIpc) is 2.41. The molecule has 1 aromatic rings. The number of anilines is 1. The molecule has 4 heteroatoms. The van der Waals surface area contributed by atoms with Crippen LogP contribution < -0.4 is 4.90 Å². The predicted octanol–water partition coefficient (Wildman–Crippen LogP) is 3.39. The Morgan fingerprint density at radius 2 is 2.16 bits per heavy atom. The summed E-state index contributed by atoms with van der Waals surface area (Å²) in [5.41, 5.74) is 2.34. The molecule has 104 valence electrons. The third-order valence-electron chi connectivity index (χ3n) is 3.34. The Labute approximate surface area is 128 Å². The van der Waals surface area contributed by atoms with Crippen molar-refractivity contribution >= 4 is 34.2 Å². The third-order valence-corrected chi connectivity index (χ3v) is 4.01. The summed E-state index contributed by atoms with van der Waals surface area (Å²) >= 11 is 2.31. The van der Waals surface area contributed by atoms with Crippen molar-refractivity contribution in [2.24, 2.45) is 0 Å². The van der Waals surface area contributed by atoms with E-state index >= 15 is 0 Å². The molecular weight excluding hydrogens is 353 g/mol. The van der Waals surface area contributed by atoms with Crippen molar-refractivity contribution in [3.05, 3.63) is 27.3 Å². The fraction of sp³-hybridized carbons (Fsp3) is 0.533. The van der Waals surface area contributed by atoms with Gasteiger partial charge in [-0.1, -0.05) is 13.3 Å². The fourth-order valence-electron chi connectivity index (χ4n) is 2.28. The molecule has 0 spiro atoms. The van der Waals surface area contributed by atoms with Gasteiger partial charge in [-0.25, -0.2) is 0 Å². The van der Waals surface area contributed by atoms with Gasteiger partial charge in [-0.3, -0.25) is 4.79 Å². The number of nitrogens with zero attached hydrogens (tertiary/aromatic N) is 1. The lowest BCUT2D eigenvalue weighted by Crippen LogP contribution is -2.37. The van der Waals surface area contributed by atoms with Crippen molar-refractivity contribution in [1.29, 1.82) is 0 Å². The number of hydrogen-bond donors (Lipinski definition) is 0. The number of aryl methyl sites for hydroxylation is 1. The van der Waals surface area contributed by atoms with Gasteiger partial charge in [0.15, 0.2) is 0 Å². The van der Waals surface area contributed by atoms with Crippen molar-refractivity contribution < 1.29 is 9.53 Å². The minimum Gasteiger partial charge on any atom is -0.380 e. The number of halogens is 1. The van der Waals surface area contributed by atoms with Crippen molar-refractivity contribution in [3.63, 3.8) is 0 Å². The molecule has 0 aliphatic carbocycles. The van der Waals surface area contributed by atoms with Crippen LogP contribution in [0.1, 0.15) is 31.7 Å². The molecule has 1 aromatic carbocycles. The molecule has 1 amide bonds. The Bertz CT molecular complexity index is 448. The number of hydrogen-bond acceptors (Lipinski definition) is 2. The Kier molecular flexibility index (Phi) is 5.63. The molecular formula is C15H20INO2. The molecule has 0 unspecified atom stereocenters. The maximum absolute atomic E-state index is 12.0. The van der Waals surface area contributed by atoms with Crippen molar-refractivity contribution in [1.82, 2.24) is 0 Å². The first-order valence-corrected chi connectivity index (χ1v) is 7.96. The van der Waals surface area contributed by atoms with Gasteiger partial charge in [-0.2, -0.15) is 0 Å². The molecule has 0 fully saturated rings. The number of carbonyl (C=O) groups excluding carboxylic acids is 1. The highest BCUT2D eigenvalue weighted by Gasteiger charge is 2.23. The fourth-order valence-corrected chi connectivity index (χ4v) is 2.83. The van der Waals surface area contributed by atoms with E-state index < -0.39 is 0 Å². The van der Waals surface area contributed by atoms with E-state index in [1.807, 2.05) is 4.90 Å². The summed E-state index contributed by atoms with van der Waals surface area (Å²) in [4.78, 5) is 13.9. The van der Waals surface area contributed by atoms with E-state index in [0.717, 1.165) is 31.6 Å². The largest absolute Gasteiger partial charge is 0.380 e. The minimum atomic E-state index is 0.216. The van der Waals surface area contributed by atoms with Crippen LogP contribution in [0.3, 0.4) is 0 Å². The average molecular weight is 373 g/mol. The highest BCUT2D eigenvalue weighted by Crippen LogP contribution is 2.28. The summed E-state index contributed by atoms with van der Waals surface area (Å²) < 4.78 is 6.80. The van der Waals surface area contributed by atoms with Crippen LogP contribution in [0, 0.1) is 3.57 Å². The van der Waals surface area contributed by atoms with Gasteiger partial charge in [0.05, 0.1) is 6.61 Å². The van der Waals surface area contributed by atoms with Gasteiger partial charge < -0.3 is 9.64 Å². The van der Waals surface area contributed by atoms with E-state index in [4.69, 9.17) is 4.74 Å². The molecule has 1 aliphatic rings. The first-order chi connectivity index (χ1) is 9.22. The molecule has 0 bridgehead atoms. The molecule has 0 aromatic heterocycles. The van der Waals surface area contributed by atoms with Crippen molar-refractivity contribution in [2.75, 3.05) is 24.7 Å². The van der Waals surface area contributed by atoms with E-state index in [1.54, 1.807) is 0 Å². The van der Waals surface area contributed by atoms with Gasteiger partial charge in [0.25, 0.3) is 0 Å². The predicted molar refractivity (Wildman–Crippen MR) is 85.6 cm³/mol. The number of unbranched alkanes of at least 4 members (excludes halogenated alkanes) is 1. The number of ether oxygens (including phenoxy) is 1. The van der Waals surface area contributed by atoms with Crippen LogP contribution >= 0.6 is 22.6 Å². The van der Waals surface area contributed by atoms with Crippen LogP contribution in [0.5, 0.6) is 0 Å². The zero-order chi connectivity index (χ0) is 13.7. The number of rotatable bonds is 6. The monoisotopic (exact) mass is 373 g/mol. The maximum atomic E-state index is 12.0. The highest BCUT2D eigenvalue weighted by molar-refractivity contribution is 14.1. The Balaban J connectivity index is 1.98.